The molecule has 0 spiro atoms. The van der Waals surface area contributed by atoms with Gasteiger partial charge >= 0.3 is 17.6 Å². The molecule has 0 saturated carbocycles. The Morgan fingerprint density at radius 3 is 1.50 bits per heavy atom. The molecule has 0 aliphatic carbocycles. The quantitative estimate of drug-likeness (QED) is 0.487. The van der Waals surface area contributed by atoms with Crippen LogP contribution in [0.25, 0.3) is 0 Å². The van der Waals surface area contributed by atoms with Crippen molar-refractivity contribution in [1.29, 1.82) is 0 Å². The predicted octanol–water partition coefficient (Wildman–Crippen LogP) is -0.409. The van der Waals surface area contributed by atoms with Crippen molar-refractivity contribution in [3.05, 3.63) is 0 Å². The molecule has 6 heavy (non-hydrogen) atoms. The molecule has 0 unspecified atom stereocenters. The van der Waals surface area contributed by atoms with Gasteiger partial charge < -0.3 is 4.74 Å². The van der Waals surface area contributed by atoms with E-state index in [-0.39, 0.29) is 17.6 Å². The predicted molar refractivity (Wildman–Crippen MR) is 33.5 cm³/mol. The van der Waals surface area contributed by atoms with Gasteiger partial charge in [0, 0.05) is 13.2 Å². The third-order valence-corrected chi connectivity index (χ3v) is 0.408. The molecule has 0 aliphatic rings. The molecule has 0 N–H and O–H groups in total. The summed E-state index contributed by atoms with van der Waals surface area (Å²) in [6.07, 6.45) is 0. The van der Waals surface area contributed by atoms with Gasteiger partial charge in [0.25, 0.3) is 0 Å². The Hall–Kier alpha value is 0.503. The average molecular weight is 151 g/mol. The van der Waals surface area contributed by atoms with E-state index in [1.807, 2.05) is 13.8 Å². The van der Waals surface area contributed by atoms with Gasteiger partial charge in [-0.2, -0.15) is 0 Å². The fraction of sp³-hybridized carbons (Fsp3) is 1.00. The van der Waals surface area contributed by atoms with Crippen molar-refractivity contribution in [2.75, 3.05) is 13.2 Å². The van der Waals surface area contributed by atoms with E-state index in [0.29, 0.717) is 0 Å². The number of ether oxygens (including phenoxy) is 1. The van der Waals surface area contributed by atoms with E-state index in [1.54, 1.807) is 0 Å². The van der Waals surface area contributed by atoms with Crippen LogP contribution in [0, 0.1) is 0 Å². The van der Waals surface area contributed by atoms with Crippen molar-refractivity contribution >= 4 is 17.6 Å². The van der Waals surface area contributed by atoms with E-state index in [4.69, 9.17) is 4.74 Å². The first-order chi connectivity index (χ1) is 2.41. The van der Waals surface area contributed by atoms with Crippen LogP contribution >= 0.6 is 0 Å². The van der Waals surface area contributed by atoms with Crippen LogP contribution in [0.2, 0.25) is 0 Å². The summed E-state index contributed by atoms with van der Waals surface area (Å²) in [5, 5.41) is 0. The zero-order valence-corrected chi connectivity index (χ0v) is 3.82. The summed E-state index contributed by atoms with van der Waals surface area (Å²) in [4.78, 5) is 0. The molecule has 0 aliphatic heterocycles. The first-order valence-electron chi connectivity index (χ1n) is 1.99. The van der Waals surface area contributed by atoms with Gasteiger partial charge in [-0.3, -0.25) is 0 Å². The van der Waals surface area contributed by atoms with Crippen molar-refractivity contribution in [2.45, 2.75) is 13.8 Å². The Labute approximate surface area is 50.0 Å². The second-order valence-corrected chi connectivity index (χ2v) is 0.781. The van der Waals surface area contributed by atoms with Crippen LogP contribution in [0.1, 0.15) is 13.8 Å². The Morgan fingerprint density at radius 1 is 1.17 bits per heavy atom. The molecular formula is C4H14GeO. The zero-order valence-electron chi connectivity index (χ0n) is 3.82. The Balaban J connectivity index is 0. The third kappa shape index (κ3) is 8.82. The fourth-order valence-electron chi connectivity index (χ4n) is 0.204. The molecule has 0 amide bonds. The van der Waals surface area contributed by atoms with Crippen molar-refractivity contribution in [1.82, 2.24) is 0 Å². The van der Waals surface area contributed by atoms with Gasteiger partial charge in [0.1, 0.15) is 0 Å². The molecule has 0 bridgehead atoms. The van der Waals surface area contributed by atoms with Gasteiger partial charge in [0.05, 0.1) is 0 Å². The third-order valence-electron chi connectivity index (χ3n) is 0.408. The molecule has 0 aromatic carbocycles. The first kappa shape index (κ1) is 9.71. The van der Waals surface area contributed by atoms with Crippen LogP contribution in [-0.2, 0) is 4.74 Å². The van der Waals surface area contributed by atoms with Crippen LogP contribution in [0.3, 0.4) is 0 Å². The molecule has 0 radical (unpaired) electrons. The van der Waals surface area contributed by atoms with Gasteiger partial charge in [0.2, 0.25) is 0 Å². The van der Waals surface area contributed by atoms with E-state index in [1.165, 1.54) is 0 Å². The van der Waals surface area contributed by atoms with E-state index in [2.05, 4.69) is 0 Å². The van der Waals surface area contributed by atoms with Crippen molar-refractivity contribution in [3.63, 3.8) is 0 Å². The minimum absolute atomic E-state index is 0. The topological polar surface area (TPSA) is 9.23 Å². The van der Waals surface area contributed by atoms with Crippen LogP contribution in [0.4, 0.5) is 0 Å². The minimum atomic E-state index is 0. The fourth-order valence-corrected chi connectivity index (χ4v) is 0.204. The summed E-state index contributed by atoms with van der Waals surface area (Å²) >= 11 is 0. The monoisotopic (exact) mass is 152 g/mol. The standard InChI is InChI=1S/C4H10O.GeH4/c1-3-5-4-2;/h3-4H2,1-2H3;1H4. The molecule has 0 rings (SSSR count). The van der Waals surface area contributed by atoms with Gasteiger partial charge in [-0.1, -0.05) is 0 Å². The number of hydrogen-bond donors (Lipinski definition) is 0. The Morgan fingerprint density at radius 2 is 1.50 bits per heavy atom. The van der Waals surface area contributed by atoms with Gasteiger partial charge in [-0.25, -0.2) is 0 Å². The van der Waals surface area contributed by atoms with Crippen molar-refractivity contribution in [3.8, 4) is 0 Å². The zero-order chi connectivity index (χ0) is 4.12. The molecule has 2 heteroatoms. The first-order valence-corrected chi connectivity index (χ1v) is 1.99. The summed E-state index contributed by atoms with van der Waals surface area (Å²) in [5.74, 6) is 0. The van der Waals surface area contributed by atoms with E-state index in [9.17, 15) is 0 Å². The summed E-state index contributed by atoms with van der Waals surface area (Å²) in [7, 11) is 0. The maximum absolute atomic E-state index is 4.83. The van der Waals surface area contributed by atoms with Gasteiger partial charge in [-0.05, 0) is 13.8 Å². The second-order valence-electron chi connectivity index (χ2n) is 0.781. The summed E-state index contributed by atoms with van der Waals surface area (Å²) in [6, 6.07) is 0. The molecule has 0 atom stereocenters. The molecule has 1 nitrogen and oxygen atoms in total. The summed E-state index contributed by atoms with van der Waals surface area (Å²) < 4.78 is 4.83. The van der Waals surface area contributed by atoms with E-state index >= 15 is 0 Å². The average Bonchev–Trinajstić information content (AvgIpc) is 1.41. The van der Waals surface area contributed by atoms with Crippen LogP contribution in [0.15, 0.2) is 0 Å². The SMILES string of the molecule is CCOCC.[GeH4]. The number of hydrogen-bond acceptors (Lipinski definition) is 1. The molecule has 0 fully saturated rings. The summed E-state index contributed by atoms with van der Waals surface area (Å²) in [6.45, 7) is 5.67. The molecular weight excluding hydrogens is 137 g/mol. The van der Waals surface area contributed by atoms with Crippen molar-refractivity contribution < 1.29 is 4.74 Å². The van der Waals surface area contributed by atoms with Crippen LogP contribution in [0.5, 0.6) is 0 Å². The van der Waals surface area contributed by atoms with Crippen LogP contribution < -0.4 is 0 Å². The molecule has 40 valence electrons. The molecule has 0 aromatic rings. The number of rotatable bonds is 2. The molecule has 0 heterocycles. The Bertz CT molecular complexity index is 15.0. The molecule has 0 aromatic heterocycles. The van der Waals surface area contributed by atoms with E-state index in [0.717, 1.165) is 13.2 Å². The Kier molecular flexibility index (Phi) is 14.7. The van der Waals surface area contributed by atoms with Crippen molar-refractivity contribution in [2.24, 2.45) is 0 Å². The maximum atomic E-state index is 4.83. The molecule has 0 saturated heterocycles. The normalized spacial score (nSPS) is 7.00. The van der Waals surface area contributed by atoms with E-state index < -0.39 is 0 Å². The van der Waals surface area contributed by atoms with Crippen LogP contribution in [-0.4, -0.2) is 30.8 Å². The van der Waals surface area contributed by atoms with Gasteiger partial charge in [0.15, 0.2) is 0 Å². The second kappa shape index (κ2) is 9.09. The van der Waals surface area contributed by atoms with Gasteiger partial charge in [-0.15, -0.1) is 0 Å². The summed E-state index contributed by atoms with van der Waals surface area (Å²) in [5.41, 5.74) is 0.